The number of ether oxygens (including phenoxy) is 2. The van der Waals surface area contributed by atoms with Gasteiger partial charge >= 0.3 is 0 Å². The van der Waals surface area contributed by atoms with Crippen LogP contribution in [0.2, 0.25) is 0 Å². The number of hydrogen-bond donors (Lipinski definition) is 2. The lowest BCUT2D eigenvalue weighted by Crippen LogP contribution is -2.33. The molecule has 1 unspecified atom stereocenters. The van der Waals surface area contributed by atoms with Crippen LogP contribution < -0.4 is 11.3 Å². The summed E-state index contributed by atoms with van der Waals surface area (Å²) in [6.45, 7) is 1.78. The highest BCUT2D eigenvalue weighted by atomic mass is 16.5. The molecule has 4 nitrogen and oxygen atoms in total. The average Bonchev–Trinajstić information content (AvgIpc) is 2.38. The Bertz CT molecular complexity index is 380. The first-order chi connectivity index (χ1) is 9.36. The Morgan fingerprint density at radius 2 is 2.11 bits per heavy atom. The Balaban J connectivity index is 2.00. The van der Waals surface area contributed by atoms with E-state index in [1.54, 1.807) is 7.11 Å². The number of nitrogens with two attached hydrogens (primary N) is 1. The third kappa shape index (κ3) is 3.76. The third-order valence-corrected chi connectivity index (χ3v) is 3.83. The van der Waals surface area contributed by atoms with Gasteiger partial charge in [0.1, 0.15) is 0 Å². The van der Waals surface area contributed by atoms with Gasteiger partial charge in [-0.3, -0.25) is 11.3 Å². The summed E-state index contributed by atoms with van der Waals surface area (Å²) in [5, 5.41) is 0. The van der Waals surface area contributed by atoms with Crippen LogP contribution in [0.3, 0.4) is 0 Å². The standard InChI is InChI=1S/C15H24N2O2/c1-18-9-10-19-11-15(17-16)14-8-3-2-7-13(14)12-5-4-6-12/h2-3,7-8,12,15,17H,4-6,9-11,16H2,1H3. The Labute approximate surface area is 115 Å². The molecule has 1 aromatic carbocycles. The molecule has 1 aromatic rings. The largest absolute Gasteiger partial charge is 0.382 e. The minimum absolute atomic E-state index is 0.0497. The first-order valence-corrected chi connectivity index (χ1v) is 6.98. The van der Waals surface area contributed by atoms with E-state index >= 15 is 0 Å². The lowest BCUT2D eigenvalue weighted by molar-refractivity contribution is 0.0583. The Hall–Kier alpha value is -0.940. The average molecular weight is 264 g/mol. The molecule has 1 fully saturated rings. The van der Waals surface area contributed by atoms with Gasteiger partial charge in [-0.15, -0.1) is 0 Å². The zero-order valence-corrected chi connectivity index (χ0v) is 11.6. The van der Waals surface area contributed by atoms with Gasteiger partial charge in [-0.05, 0) is 29.9 Å². The molecule has 19 heavy (non-hydrogen) atoms. The molecule has 0 bridgehead atoms. The Kier molecular flexibility index (Phi) is 5.79. The highest BCUT2D eigenvalue weighted by molar-refractivity contribution is 5.34. The molecule has 1 saturated carbocycles. The monoisotopic (exact) mass is 264 g/mol. The third-order valence-electron chi connectivity index (χ3n) is 3.83. The molecular formula is C15H24N2O2. The molecule has 1 aliphatic carbocycles. The van der Waals surface area contributed by atoms with Gasteiger partial charge in [0.25, 0.3) is 0 Å². The Morgan fingerprint density at radius 3 is 2.74 bits per heavy atom. The van der Waals surface area contributed by atoms with Crippen LogP contribution in [0.4, 0.5) is 0 Å². The van der Waals surface area contributed by atoms with E-state index in [2.05, 4.69) is 29.7 Å². The van der Waals surface area contributed by atoms with Crippen molar-refractivity contribution in [2.45, 2.75) is 31.2 Å². The number of rotatable bonds is 8. The maximum atomic E-state index is 5.69. The van der Waals surface area contributed by atoms with Gasteiger partial charge in [-0.2, -0.15) is 0 Å². The highest BCUT2D eigenvalue weighted by Gasteiger charge is 2.24. The molecule has 0 spiro atoms. The van der Waals surface area contributed by atoms with Gasteiger partial charge in [0.05, 0.1) is 25.9 Å². The minimum Gasteiger partial charge on any atom is -0.382 e. The summed E-state index contributed by atoms with van der Waals surface area (Å²) >= 11 is 0. The van der Waals surface area contributed by atoms with Crippen LogP contribution >= 0.6 is 0 Å². The number of nitrogens with one attached hydrogen (secondary N) is 1. The lowest BCUT2D eigenvalue weighted by atomic mass is 9.77. The quantitative estimate of drug-likeness (QED) is 0.429. The molecule has 2 rings (SSSR count). The summed E-state index contributed by atoms with van der Waals surface area (Å²) in [5.41, 5.74) is 5.57. The second kappa shape index (κ2) is 7.60. The van der Waals surface area contributed by atoms with Gasteiger partial charge in [0.15, 0.2) is 0 Å². The van der Waals surface area contributed by atoms with E-state index in [1.165, 1.54) is 30.4 Å². The van der Waals surface area contributed by atoms with Gasteiger partial charge < -0.3 is 9.47 Å². The molecule has 1 atom stereocenters. The molecule has 0 aliphatic heterocycles. The number of hydrazine groups is 1. The fraction of sp³-hybridized carbons (Fsp3) is 0.600. The second-order valence-electron chi connectivity index (χ2n) is 5.04. The van der Waals surface area contributed by atoms with Gasteiger partial charge in [-0.1, -0.05) is 30.7 Å². The van der Waals surface area contributed by atoms with Crippen LogP contribution in [0.15, 0.2) is 24.3 Å². The van der Waals surface area contributed by atoms with Gasteiger partial charge in [0.2, 0.25) is 0 Å². The fourth-order valence-electron chi connectivity index (χ4n) is 2.49. The first-order valence-electron chi connectivity index (χ1n) is 6.98. The second-order valence-corrected chi connectivity index (χ2v) is 5.04. The van der Waals surface area contributed by atoms with E-state index in [4.69, 9.17) is 15.3 Å². The predicted molar refractivity (Wildman–Crippen MR) is 75.8 cm³/mol. The van der Waals surface area contributed by atoms with Crippen LogP contribution in [-0.2, 0) is 9.47 Å². The van der Waals surface area contributed by atoms with Crippen molar-refractivity contribution in [2.24, 2.45) is 5.84 Å². The SMILES string of the molecule is COCCOCC(NN)c1ccccc1C1CCC1. The number of hydrogen-bond acceptors (Lipinski definition) is 4. The fourth-order valence-corrected chi connectivity index (χ4v) is 2.49. The van der Waals surface area contributed by atoms with Crippen molar-refractivity contribution in [3.63, 3.8) is 0 Å². The summed E-state index contributed by atoms with van der Waals surface area (Å²) in [6.07, 6.45) is 3.92. The summed E-state index contributed by atoms with van der Waals surface area (Å²) in [4.78, 5) is 0. The molecule has 0 heterocycles. The predicted octanol–water partition coefficient (Wildman–Crippen LogP) is 2.12. The zero-order valence-electron chi connectivity index (χ0n) is 11.6. The van der Waals surface area contributed by atoms with E-state index in [9.17, 15) is 0 Å². The van der Waals surface area contributed by atoms with E-state index in [1.807, 2.05) is 0 Å². The molecule has 4 heteroatoms. The van der Waals surface area contributed by atoms with E-state index < -0.39 is 0 Å². The molecule has 0 radical (unpaired) electrons. The minimum atomic E-state index is 0.0497. The van der Waals surface area contributed by atoms with Crippen LogP contribution in [-0.4, -0.2) is 26.9 Å². The molecule has 106 valence electrons. The first kappa shape index (κ1) is 14.5. The topological polar surface area (TPSA) is 56.5 Å². The van der Waals surface area contributed by atoms with Crippen molar-refractivity contribution in [1.29, 1.82) is 0 Å². The summed E-state index contributed by atoms with van der Waals surface area (Å²) in [5.74, 6) is 6.39. The van der Waals surface area contributed by atoms with Gasteiger partial charge in [-0.25, -0.2) is 0 Å². The summed E-state index contributed by atoms with van der Waals surface area (Å²) in [7, 11) is 1.67. The molecule has 0 aromatic heterocycles. The van der Waals surface area contributed by atoms with E-state index in [-0.39, 0.29) is 6.04 Å². The smallest absolute Gasteiger partial charge is 0.0701 e. The van der Waals surface area contributed by atoms with Crippen molar-refractivity contribution in [2.75, 3.05) is 26.9 Å². The number of benzene rings is 1. The number of methoxy groups -OCH3 is 1. The van der Waals surface area contributed by atoms with E-state index in [0.29, 0.717) is 25.7 Å². The summed E-state index contributed by atoms with van der Waals surface area (Å²) in [6, 6.07) is 8.60. The Morgan fingerprint density at radius 1 is 1.32 bits per heavy atom. The van der Waals surface area contributed by atoms with Crippen molar-refractivity contribution in [3.05, 3.63) is 35.4 Å². The molecule has 0 amide bonds. The van der Waals surface area contributed by atoms with Crippen molar-refractivity contribution in [1.82, 2.24) is 5.43 Å². The van der Waals surface area contributed by atoms with E-state index in [0.717, 1.165) is 0 Å². The normalized spacial score (nSPS) is 17.2. The maximum absolute atomic E-state index is 5.69. The molecule has 0 saturated heterocycles. The molecular weight excluding hydrogens is 240 g/mol. The summed E-state index contributed by atoms with van der Waals surface area (Å²) < 4.78 is 10.6. The van der Waals surface area contributed by atoms with Crippen molar-refractivity contribution >= 4 is 0 Å². The molecule has 1 aliphatic rings. The lowest BCUT2D eigenvalue weighted by Gasteiger charge is -2.30. The maximum Gasteiger partial charge on any atom is 0.0701 e. The van der Waals surface area contributed by atoms with Crippen molar-refractivity contribution < 1.29 is 9.47 Å². The van der Waals surface area contributed by atoms with Crippen molar-refractivity contribution in [3.8, 4) is 0 Å². The van der Waals surface area contributed by atoms with Crippen LogP contribution in [0.5, 0.6) is 0 Å². The van der Waals surface area contributed by atoms with Gasteiger partial charge in [0, 0.05) is 7.11 Å². The van der Waals surface area contributed by atoms with Crippen LogP contribution in [0.1, 0.15) is 42.3 Å². The van der Waals surface area contributed by atoms with Crippen LogP contribution in [0, 0.1) is 0 Å². The van der Waals surface area contributed by atoms with Crippen LogP contribution in [0.25, 0.3) is 0 Å². The molecule has 3 N–H and O–H groups in total. The zero-order chi connectivity index (χ0) is 13.5. The highest BCUT2D eigenvalue weighted by Crippen LogP contribution is 2.39.